The standard InChI is InChI=1S/C20H27N3O6/c1-12-19(25)22(18-15(28-12)9-10-16(21-18)23(26)27)11-17(24)29-14-7-5-13(6-8-14)20(2,3)4/h9-10,12-14H,5-8,11H2,1-4H3. The molecule has 1 fully saturated rings. The molecule has 1 unspecified atom stereocenters. The lowest BCUT2D eigenvalue weighted by molar-refractivity contribution is -0.389. The molecule has 0 bridgehead atoms. The first-order valence-corrected chi connectivity index (χ1v) is 9.89. The average molecular weight is 405 g/mol. The summed E-state index contributed by atoms with van der Waals surface area (Å²) < 4.78 is 11.1. The third-order valence-electron chi connectivity index (χ3n) is 5.67. The predicted octanol–water partition coefficient (Wildman–Crippen LogP) is 3.25. The quantitative estimate of drug-likeness (QED) is 0.429. The van der Waals surface area contributed by atoms with Crippen LogP contribution in [0.25, 0.3) is 0 Å². The molecule has 1 amide bonds. The molecule has 1 saturated carbocycles. The molecule has 29 heavy (non-hydrogen) atoms. The van der Waals surface area contributed by atoms with Gasteiger partial charge in [0.1, 0.15) is 12.6 Å². The molecule has 1 atom stereocenters. The average Bonchev–Trinajstić information content (AvgIpc) is 2.64. The highest BCUT2D eigenvalue weighted by molar-refractivity contribution is 6.02. The van der Waals surface area contributed by atoms with Gasteiger partial charge in [0.25, 0.3) is 11.7 Å². The first kappa shape index (κ1) is 21.0. The zero-order chi connectivity index (χ0) is 21.3. The third kappa shape index (κ3) is 4.65. The van der Waals surface area contributed by atoms with Crippen molar-refractivity contribution >= 4 is 23.5 Å². The van der Waals surface area contributed by atoms with Crippen LogP contribution in [0.2, 0.25) is 0 Å². The molecule has 158 valence electrons. The highest BCUT2D eigenvalue weighted by Gasteiger charge is 2.39. The van der Waals surface area contributed by atoms with Crippen LogP contribution >= 0.6 is 0 Å². The summed E-state index contributed by atoms with van der Waals surface area (Å²) in [5.41, 5.74) is 0.232. The number of rotatable bonds is 4. The Kier molecular flexibility index (Phi) is 5.77. The smallest absolute Gasteiger partial charge is 0.366 e. The van der Waals surface area contributed by atoms with Crippen molar-refractivity contribution in [3.63, 3.8) is 0 Å². The zero-order valence-electron chi connectivity index (χ0n) is 17.2. The van der Waals surface area contributed by atoms with Crippen LogP contribution in [0.3, 0.4) is 0 Å². The molecule has 0 spiro atoms. The van der Waals surface area contributed by atoms with Crippen molar-refractivity contribution in [1.82, 2.24) is 4.98 Å². The molecule has 2 heterocycles. The van der Waals surface area contributed by atoms with E-state index in [0.717, 1.165) is 30.6 Å². The van der Waals surface area contributed by atoms with Gasteiger partial charge in [0.2, 0.25) is 0 Å². The zero-order valence-corrected chi connectivity index (χ0v) is 17.2. The number of esters is 1. The minimum absolute atomic E-state index is 0.0318. The number of nitro groups is 1. The molecular weight excluding hydrogens is 378 g/mol. The summed E-state index contributed by atoms with van der Waals surface area (Å²) in [6.07, 6.45) is 2.58. The Balaban J connectivity index is 1.68. The number of ether oxygens (including phenoxy) is 2. The van der Waals surface area contributed by atoms with Crippen LogP contribution in [0.4, 0.5) is 11.6 Å². The van der Waals surface area contributed by atoms with E-state index in [-0.39, 0.29) is 29.6 Å². The summed E-state index contributed by atoms with van der Waals surface area (Å²) in [6.45, 7) is 7.86. The van der Waals surface area contributed by atoms with Crippen LogP contribution in [-0.4, -0.2) is 40.5 Å². The van der Waals surface area contributed by atoms with Crippen LogP contribution in [0.5, 0.6) is 5.75 Å². The third-order valence-corrected chi connectivity index (χ3v) is 5.67. The van der Waals surface area contributed by atoms with Crippen molar-refractivity contribution in [2.24, 2.45) is 11.3 Å². The number of anilines is 1. The van der Waals surface area contributed by atoms with Crippen molar-refractivity contribution in [2.75, 3.05) is 11.4 Å². The van der Waals surface area contributed by atoms with E-state index in [0.29, 0.717) is 5.92 Å². The Morgan fingerprint density at radius 3 is 2.55 bits per heavy atom. The van der Waals surface area contributed by atoms with E-state index in [2.05, 4.69) is 25.8 Å². The normalized spacial score (nSPS) is 24.5. The lowest BCUT2D eigenvalue weighted by Crippen LogP contribution is -2.48. The van der Waals surface area contributed by atoms with Gasteiger partial charge in [-0.15, -0.1) is 0 Å². The second kappa shape index (κ2) is 7.96. The molecule has 0 radical (unpaired) electrons. The van der Waals surface area contributed by atoms with Gasteiger partial charge in [0.15, 0.2) is 11.9 Å². The van der Waals surface area contributed by atoms with Crippen molar-refractivity contribution in [1.29, 1.82) is 0 Å². The Morgan fingerprint density at radius 2 is 1.97 bits per heavy atom. The maximum atomic E-state index is 12.5. The Morgan fingerprint density at radius 1 is 1.31 bits per heavy atom. The van der Waals surface area contributed by atoms with E-state index in [1.165, 1.54) is 12.1 Å². The van der Waals surface area contributed by atoms with Gasteiger partial charge in [-0.05, 0) is 59.9 Å². The second-order valence-corrected chi connectivity index (χ2v) is 8.76. The lowest BCUT2D eigenvalue weighted by atomic mass is 9.72. The van der Waals surface area contributed by atoms with Gasteiger partial charge in [-0.1, -0.05) is 20.8 Å². The summed E-state index contributed by atoms with van der Waals surface area (Å²) in [5, 5.41) is 11.0. The molecule has 2 aliphatic rings. The monoisotopic (exact) mass is 405 g/mol. The first-order valence-electron chi connectivity index (χ1n) is 9.89. The van der Waals surface area contributed by atoms with Crippen LogP contribution in [-0.2, 0) is 14.3 Å². The van der Waals surface area contributed by atoms with E-state index in [9.17, 15) is 19.7 Å². The largest absolute Gasteiger partial charge is 0.475 e. The summed E-state index contributed by atoms with van der Waals surface area (Å²) in [6, 6.07) is 2.58. The molecule has 1 aliphatic heterocycles. The fourth-order valence-electron chi connectivity index (χ4n) is 3.93. The predicted molar refractivity (Wildman–Crippen MR) is 105 cm³/mol. The molecule has 1 aliphatic carbocycles. The maximum absolute atomic E-state index is 12.5. The van der Waals surface area contributed by atoms with Gasteiger partial charge >= 0.3 is 11.8 Å². The maximum Gasteiger partial charge on any atom is 0.366 e. The summed E-state index contributed by atoms with van der Waals surface area (Å²) in [5.74, 6) is -0.675. The van der Waals surface area contributed by atoms with Gasteiger partial charge < -0.3 is 19.6 Å². The number of nitrogens with zero attached hydrogens (tertiary/aromatic N) is 3. The Labute approximate surface area is 169 Å². The molecule has 1 aromatic rings. The SMILES string of the molecule is CC1Oc2ccc([N+](=O)[O-])nc2N(CC(=O)OC2CCC(C(C)(C)C)CC2)C1=O. The second-order valence-electron chi connectivity index (χ2n) is 8.76. The number of fused-ring (bicyclic) bond motifs is 1. The Bertz CT molecular complexity index is 811. The molecule has 3 rings (SSSR count). The molecule has 9 heteroatoms. The molecule has 1 aromatic heterocycles. The minimum atomic E-state index is -0.819. The number of carbonyl (C=O) groups excluding carboxylic acids is 2. The van der Waals surface area contributed by atoms with E-state index in [4.69, 9.17) is 9.47 Å². The van der Waals surface area contributed by atoms with Crippen molar-refractivity contribution < 1.29 is 24.0 Å². The van der Waals surface area contributed by atoms with Crippen molar-refractivity contribution in [3.8, 4) is 5.75 Å². The van der Waals surface area contributed by atoms with E-state index >= 15 is 0 Å². The fraction of sp³-hybridized carbons (Fsp3) is 0.650. The Hall–Kier alpha value is -2.71. The number of pyridine rings is 1. The van der Waals surface area contributed by atoms with Crippen LogP contribution in [0, 0.1) is 21.4 Å². The minimum Gasteiger partial charge on any atom is -0.475 e. The topological polar surface area (TPSA) is 112 Å². The van der Waals surface area contributed by atoms with Crippen LogP contribution in [0.15, 0.2) is 12.1 Å². The summed E-state index contributed by atoms with van der Waals surface area (Å²) in [4.78, 5) is 40.4. The van der Waals surface area contributed by atoms with Gasteiger partial charge in [-0.25, -0.2) is 0 Å². The van der Waals surface area contributed by atoms with Crippen molar-refractivity contribution in [3.05, 3.63) is 22.2 Å². The summed E-state index contributed by atoms with van der Waals surface area (Å²) >= 11 is 0. The number of carbonyl (C=O) groups is 2. The van der Waals surface area contributed by atoms with Gasteiger partial charge in [0.05, 0.1) is 0 Å². The highest BCUT2D eigenvalue weighted by atomic mass is 16.6. The van der Waals surface area contributed by atoms with Crippen molar-refractivity contribution in [2.45, 2.75) is 65.6 Å². The van der Waals surface area contributed by atoms with Crippen LogP contribution < -0.4 is 9.64 Å². The van der Waals surface area contributed by atoms with Gasteiger partial charge in [0, 0.05) is 6.07 Å². The molecule has 0 saturated heterocycles. The van der Waals surface area contributed by atoms with Gasteiger partial charge in [-0.2, -0.15) is 0 Å². The fourth-order valence-corrected chi connectivity index (χ4v) is 3.93. The van der Waals surface area contributed by atoms with E-state index in [1.54, 1.807) is 6.92 Å². The van der Waals surface area contributed by atoms with E-state index < -0.39 is 28.7 Å². The molecule has 0 aromatic carbocycles. The number of hydrogen-bond acceptors (Lipinski definition) is 7. The number of hydrogen-bond donors (Lipinski definition) is 0. The van der Waals surface area contributed by atoms with E-state index in [1.807, 2.05) is 0 Å². The molecule has 9 nitrogen and oxygen atoms in total. The molecular formula is C20H27N3O6. The van der Waals surface area contributed by atoms with Gasteiger partial charge in [-0.3, -0.25) is 14.5 Å². The lowest BCUT2D eigenvalue weighted by Gasteiger charge is -2.36. The number of aromatic nitrogens is 1. The highest BCUT2D eigenvalue weighted by Crippen LogP contribution is 2.39. The molecule has 0 N–H and O–H groups in total. The number of amides is 1. The summed E-state index contributed by atoms with van der Waals surface area (Å²) in [7, 11) is 0. The first-order chi connectivity index (χ1) is 13.6. The van der Waals surface area contributed by atoms with Crippen LogP contribution in [0.1, 0.15) is 53.4 Å².